The van der Waals surface area contributed by atoms with E-state index in [2.05, 4.69) is 13.5 Å². The Hall–Kier alpha value is -3.01. The predicted octanol–water partition coefficient (Wildman–Crippen LogP) is 4.42. The molecule has 1 aromatic heterocycles. The van der Waals surface area contributed by atoms with Crippen LogP contribution in [-0.2, 0) is 16.6 Å². The molecule has 3 aromatic carbocycles. The molecule has 0 radical (unpaired) electrons. The zero-order valence-electron chi connectivity index (χ0n) is 16.3. The number of carbonyl (C=O) groups is 1. The maximum atomic E-state index is 13.1. The predicted molar refractivity (Wildman–Crippen MR) is 122 cm³/mol. The van der Waals surface area contributed by atoms with Crippen LogP contribution in [0.4, 0.5) is 5.69 Å². The number of halogens is 1. The van der Waals surface area contributed by atoms with Crippen LogP contribution >= 0.6 is 23.3 Å². The van der Waals surface area contributed by atoms with E-state index in [1.54, 1.807) is 19.2 Å². The molecule has 4 aromatic rings. The minimum atomic E-state index is -4.02. The second-order valence-electron chi connectivity index (χ2n) is 6.83. The van der Waals surface area contributed by atoms with Gasteiger partial charge in [0.15, 0.2) is 0 Å². The van der Waals surface area contributed by atoms with E-state index in [9.17, 15) is 13.2 Å². The fraction of sp³-hybridized carbons (Fsp3) is 0.0952. The van der Waals surface area contributed by atoms with Gasteiger partial charge in [-0.2, -0.15) is 8.75 Å². The summed E-state index contributed by atoms with van der Waals surface area (Å²) in [5.74, 6) is -0.363. The summed E-state index contributed by atoms with van der Waals surface area (Å²) in [6.45, 7) is 0.363. The molecular weight excluding hydrogens is 456 g/mol. The number of nitrogens with one attached hydrogen (secondary N) is 1. The molecule has 0 unspecified atom stereocenters. The number of fused-ring (bicyclic) bond motifs is 1. The van der Waals surface area contributed by atoms with Gasteiger partial charge >= 0.3 is 0 Å². The molecule has 0 spiro atoms. The van der Waals surface area contributed by atoms with Crippen molar-refractivity contribution in [2.45, 2.75) is 11.4 Å². The van der Waals surface area contributed by atoms with E-state index in [0.717, 1.165) is 17.3 Å². The zero-order chi connectivity index (χ0) is 22.0. The highest BCUT2D eigenvalue weighted by molar-refractivity contribution is 7.93. The molecule has 158 valence electrons. The fourth-order valence-corrected chi connectivity index (χ4v) is 5.13. The fourth-order valence-electron chi connectivity index (χ4n) is 3.12. The van der Waals surface area contributed by atoms with Crippen molar-refractivity contribution in [3.63, 3.8) is 0 Å². The van der Waals surface area contributed by atoms with Gasteiger partial charge in [0, 0.05) is 18.6 Å². The minimum absolute atomic E-state index is 0.00950. The molecule has 0 aliphatic heterocycles. The van der Waals surface area contributed by atoms with Crippen LogP contribution in [-0.4, -0.2) is 35.0 Å². The Balaban J connectivity index is 1.67. The van der Waals surface area contributed by atoms with Crippen LogP contribution in [0.25, 0.3) is 11.0 Å². The molecule has 0 saturated carbocycles. The number of benzene rings is 3. The van der Waals surface area contributed by atoms with E-state index >= 15 is 0 Å². The lowest BCUT2D eigenvalue weighted by Crippen LogP contribution is -2.27. The van der Waals surface area contributed by atoms with Crippen molar-refractivity contribution in [2.24, 2.45) is 0 Å². The van der Waals surface area contributed by atoms with Crippen molar-refractivity contribution in [1.29, 1.82) is 0 Å². The maximum absolute atomic E-state index is 13.1. The smallest absolute Gasteiger partial charge is 0.264 e. The molecule has 1 amide bonds. The monoisotopic (exact) mass is 472 g/mol. The second kappa shape index (κ2) is 8.62. The van der Waals surface area contributed by atoms with Crippen molar-refractivity contribution < 1.29 is 13.2 Å². The van der Waals surface area contributed by atoms with Gasteiger partial charge in [0.05, 0.1) is 23.0 Å². The molecule has 1 N–H and O–H groups in total. The molecule has 0 aliphatic rings. The average Bonchev–Trinajstić information content (AvgIpc) is 3.24. The normalized spacial score (nSPS) is 11.4. The first-order chi connectivity index (χ1) is 14.8. The van der Waals surface area contributed by atoms with Crippen molar-refractivity contribution in [3.05, 3.63) is 82.9 Å². The number of hydrogen-bond donors (Lipinski definition) is 1. The number of hydrogen-bond acceptors (Lipinski definition) is 6. The Bertz CT molecular complexity index is 1360. The van der Waals surface area contributed by atoms with Crippen LogP contribution in [0.2, 0.25) is 5.02 Å². The van der Waals surface area contributed by atoms with Gasteiger partial charge in [0.1, 0.15) is 15.9 Å². The summed E-state index contributed by atoms with van der Waals surface area (Å²) in [6, 6.07) is 18.7. The number of aromatic nitrogens is 2. The Morgan fingerprint density at radius 3 is 2.61 bits per heavy atom. The second-order valence-corrected chi connectivity index (χ2v) is 9.45. The van der Waals surface area contributed by atoms with Crippen molar-refractivity contribution >= 4 is 56.0 Å². The van der Waals surface area contributed by atoms with Gasteiger partial charge in [0.2, 0.25) is 0 Å². The molecular formula is C21H17ClN4O3S2. The number of sulfonamides is 1. The van der Waals surface area contributed by atoms with Crippen LogP contribution in [0.3, 0.4) is 0 Å². The molecule has 10 heteroatoms. The highest BCUT2D eigenvalue weighted by atomic mass is 35.5. The van der Waals surface area contributed by atoms with Crippen molar-refractivity contribution in [3.8, 4) is 0 Å². The molecule has 4 rings (SSSR count). The molecule has 7 nitrogen and oxygen atoms in total. The van der Waals surface area contributed by atoms with Crippen LogP contribution in [0.1, 0.15) is 15.9 Å². The van der Waals surface area contributed by atoms with Gasteiger partial charge in [-0.15, -0.1) is 0 Å². The quantitative estimate of drug-likeness (QED) is 0.448. The van der Waals surface area contributed by atoms with Gasteiger partial charge in [0.25, 0.3) is 15.9 Å². The van der Waals surface area contributed by atoms with E-state index in [1.807, 2.05) is 30.3 Å². The molecule has 0 bridgehead atoms. The van der Waals surface area contributed by atoms with E-state index < -0.39 is 10.0 Å². The lowest BCUT2D eigenvalue weighted by Gasteiger charge is -2.20. The summed E-state index contributed by atoms with van der Waals surface area (Å²) in [4.78, 5) is 14.6. The highest BCUT2D eigenvalue weighted by Gasteiger charge is 2.24. The van der Waals surface area contributed by atoms with E-state index in [-0.39, 0.29) is 27.6 Å². The Morgan fingerprint density at radius 2 is 1.84 bits per heavy atom. The lowest BCUT2D eigenvalue weighted by molar-refractivity contribution is 0.0786. The molecule has 0 aliphatic carbocycles. The Kier molecular flexibility index (Phi) is 5.90. The summed E-state index contributed by atoms with van der Waals surface area (Å²) >= 11 is 7.05. The SMILES string of the molecule is CN(Cc1ccccc1)C(=O)c1cc(Cl)ccc1NS(=O)(=O)c1cccc2nsnc12. The van der Waals surface area contributed by atoms with Crippen LogP contribution in [0.5, 0.6) is 0 Å². The minimum Gasteiger partial charge on any atom is -0.337 e. The summed E-state index contributed by atoms with van der Waals surface area (Å²) < 4.78 is 36.9. The number of nitrogens with zero attached hydrogens (tertiary/aromatic N) is 3. The number of rotatable bonds is 6. The highest BCUT2D eigenvalue weighted by Crippen LogP contribution is 2.27. The first kappa shape index (κ1) is 21.2. The van der Waals surface area contributed by atoms with Crippen LogP contribution in [0.15, 0.2) is 71.6 Å². The third kappa shape index (κ3) is 4.53. The third-order valence-corrected chi connectivity index (χ3v) is 6.78. The third-order valence-electron chi connectivity index (χ3n) is 4.60. The Morgan fingerprint density at radius 1 is 1.06 bits per heavy atom. The summed E-state index contributed by atoms with van der Waals surface area (Å²) in [5.41, 5.74) is 2.00. The first-order valence-corrected chi connectivity index (χ1v) is 11.8. The maximum Gasteiger partial charge on any atom is 0.264 e. The number of amides is 1. The van der Waals surface area contributed by atoms with Gasteiger partial charge in [-0.3, -0.25) is 9.52 Å². The molecule has 0 atom stereocenters. The topological polar surface area (TPSA) is 92.3 Å². The van der Waals surface area contributed by atoms with E-state index in [1.165, 1.54) is 29.2 Å². The number of carbonyl (C=O) groups excluding carboxylic acids is 1. The first-order valence-electron chi connectivity index (χ1n) is 9.18. The Labute approximate surface area is 188 Å². The molecule has 0 fully saturated rings. The van der Waals surface area contributed by atoms with Gasteiger partial charge in [-0.05, 0) is 35.9 Å². The van der Waals surface area contributed by atoms with Crippen LogP contribution in [0, 0.1) is 0 Å². The largest absolute Gasteiger partial charge is 0.337 e. The number of anilines is 1. The average molecular weight is 473 g/mol. The zero-order valence-corrected chi connectivity index (χ0v) is 18.7. The summed E-state index contributed by atoms with van der Waals surface area (Å²) in [6.07, 6.45) is 0. The van der Waals surface area contributed by atoms with Crippen LogP contribution < -0.4 is 4.72 Å². The lowest BCUT2D eigenvalue weighted by atomic mass is 10.1. The standard InChI is InChI=1S/C21H17ClN4O3S2/c1-26(13-14-6-3-2-4-7-14)21(27)16-12-15(22)10-11-17(16)25-31(28,29)19-9-5-8-18-20(19)24-30-23-18/h2-12,25H,13H2,1H3. The molecule has 0 saturated heterocycles. The van der Waals surface area contributed by atoms with Gasteiger partial charge in [-0.25, -0.2) is 8.42 Å². The molecule has 31 heavy (non-hydrogen) atoms. The molecule has 1 heterocycles. The van der Waals surface area contributed by atoms with Crippen molar-refractivity contribution in [1.82, 2.24) is 13.6 Å². The summed E-state index contributed by atoms with van der Waals surface area (Å²) in [7, 11) is -2.37. The summed E-state index contributed by atoms with van der Waals surface area (Å²) in [5, 5.41) is 0.324. The van der Waals surface area contributed by atoms with Gasteiger partial charge < -0.3 is 4.90 Å². The van der Waals surface area contributed by atoms with E-state index in [4.69, 9.17) is 11.6 Å². The van der Waals surface area contributed by atoms with Crippen molar-refractivity contribution in [2.75, 3.05) is 11.8 Å². The van der Waals surface area contributed by atoms with Gasteiger partial charge in [-0.1, -0.05) is 48.0 Å². The van der Waals surface area contributed by atoms with E-state index in [0.29, 0.717) is 17.1 Å².